The lowest BCUT2D eigenvalue weighted by Gasteiger charge is -2.16. The van der Waals surface area contributed by atoms with Crippen molar-refractivity contribution in [1.29, 1.82) is 0 Å². The van der Waals surface area contributed by atoms with Gasteiger partial charge in [0, 0.05) is 0 Å². The molecule has 0 atom stereocenters. The lowest BCUT2D eigenvalue weighted by Crippen LogP contribution is -2.19. The van der Waals surface area contributed by atoms with Crippen LogP contribution in [-0.4, -0.2) is 6.36 Å². The number of hydrogen-bond acceptors (Lipinski definition) is 1. The summed E-state index contributed by atoms with van der Waals surface area (Å²) in [5.41, 5.74) is 0.338. The Morgan fingerprint density at radius 1 is 1.06 bits per heavy atom. The van der Waals surface area contributed by atoms with Crippen LogP contribution in [0.2, 0.25) is 0 Å². The molecule has 1 aromatic rings. The third kappa shape index (κ3) is 3.58. The Morgan fingerprint density at radius 3 is 1.83 bits per heavy atom. The van der Waals surface area contributed by atoms with Crippen LogP contribution < -0.4 is 4.74 Å². The van der Waals surface area contributed by atoms with E-state index in [-0.39, 0.29) is 5.92 Å². The van der Waals surface area contributed by atoms with E-state index in [1.807, 2.05) is 13.8 Å². The van der Waals surface area contributed by atoms with Gasteiger partial charge in [-0.2, -0.15) is 0 Å². The van der Waals surface area contributed by atoms with Crippen LogP contribution in [0.3, 0.4) is 0 Å². The van der Waals surface area contributed by atoms with E-state index in [0.717, 1.165) is 12.1 Å². The first-order valence-corrected chi connectivity index (χ1v) is 5.53. The molecule has 0 unspecified atom stereocenters. The highest BCUT2D eigenvalue weighted by molar-refractivity contribution is 5.33. The molecule has 0 aliphatic heterocycles. The molecule has 0 N–H and O–H groups in total. The van der Waals surface area contributed by atoms with Gasteiger partial charge in [-0.05, 0) is 36.5 Å². The molecule has 0 aromatic heterocycles. The molecule has 0 radical (unpaired) electrons. The van der Waals surface area contributed by atoms with Crippen LogP contribution in [0.4, 0.5) is 22.0 Å². The summed E-state index contributed by atoms with van der Waals surface area (Å²) in [6.45, 7) is 3.67. The molecule has 1 nitrogen and oxygen atoms in total. The van der Waals surface area contributed by atoms with Gasteiger partial charge in [0.05, 0.1) is 0 Å². The summed E-state index contributed by atoms with van der Waals surface area (Å²) >= 11 is 0. The lowest BCUT2D eigenvalue weighted by atomic mass is 9.94. The van der Waals surface area contributed by atoms with E-state index in [9.17, 15) is 22.0 Å². The SMILES string of the molecule is CCC(CC)c1cc(F)c(OC(F)(F)F)c(F)c1. The summed E-state index contributed by atoms with van der Waals surface area (Å²) in [6, 6.07) is 1.78. The molecular weight excluding hydrogens is 255 g/mol. The summed E-state index contributed by atoms with van der Waals surface area (Å²) in [5.74, 6) is -4.17. The smallest absolute Gasteiger partial charge is 0.399 e. The minimum atomic E-state index is -5.11. The third-order valence-electron chi connectivity index (χ3n) is 2.70. The molecule has 0 amide bonds. The van der Waals surface area contributed by atoms with Crippen molar-refractivity contribution in [3.8, 4) is 5.75 Å². The average molecular weight is 268 g/mol. The Bertz CT molecular complexity index is 386. The summed E-state index contributed by atoms with van der Waals surface area (Å²) < 4.78 is 65.9. The largest absolute Gasteiger partial charge is 0.573 e. The van der Waals surface area contributed by atoms with Crippen molar-refractivity contribution in [3.05, 3.63) is 29.3 Å². The quantitative estimate of drug-likeness (QED) is 0.715. The molecule has 0 bridgehead atoms. The highest BCUT2D eigenvalue weighted by Gasteiger charge is 2.34. The van der Waals surface area contributed by atoms with Crippen LogP contribution in [0.5, 0.6) is 5.75 Å². The van der Waals surface area contributed by atoms with Crippen LogP contribution >= 0.6 is 0 Å². The molecule has 0 saturated carbocycles. The van der Waals surface area contributed by atoms with Gasteiger partial charge in [0.1, 0.15) is 0 Å². The predicted molar refractivity (Wildman–Crippen MR) is 56.4 cm³/mol. The number of alkyl halides is 3. The van der Waals surface area contributed by atoms with Crippen molar-refractivity contribution < 1.29 is 26.7 Å². The summed E-state index contributed by atoms with van der Waals surface area (Å²) in [6.07, 6.45) is -3.82. The van der Waals surface area contributed by atoms with Gasteiger partial charge in [0.25, 0.3) is 0 Å². The van der Waals surface area contributed by atoms with Crippen molar-refractivity contribution >= 4 is 0 Å². The minimum Gasteiger partial charge on any atom is -0.399 e. The zero-order valence-electron chi connectivity index (χ0n) is 9.94. The van der Waals surface area contributed by atoms with Gasteiger partial charge in [0.2, 0.25) is 5.75 Å². The molecule has 0 aliphatic carbocycles. The van der Waals surface area contributed by atoms with Crippen molar-refractivity contribution in [3.63, 3.8) is 0 Å². The fourth-order valence-corrected chi connectivity index (χ4v) is 1.79. The van der Waals surface area contributed by atoms with Gasteiger partial charge in [-0.15, -0.1) is 13.2 Å². The molecule has 1 rings (SSSR count). The average Bonchev–Trinajstić information content (AvgIpc) is 2.24. The maximum absolute atomic E-state index is 13.4. The van der Waals surface area contributed by atoms with E-state index in [4.69, 9.17) is 0 Å². The van der Waals surface area contributed by atoms with Crippen LogP contribution in [-0.2, 0) is 0 Å². The van der Waals surface area contributed by atoms with Crippen molar-refractivity contribution in [1.82, 2.24) is 0 Å². The zero-order valence-corrected chi connectivity index (χ0v) is 9.94. The molecule has 0 spiro atoms. The monoisotopic (exact) mass is 268 g/mol. The highest BCUT2D eigenvalue weighted by Crippen LogP contribution is 2.32. The van der Waals surface area contributed by atoms with Crippen LogP contribution in [0, 0.1) is 11.6 Å². The van der Waals surface area contributed by atoms with Crippen molar-refractivity contribution in [2.24, 2.45) is 0 Å². The molecule has 0 fully saturated rings. The van der Waals surface area contributed by atoms with Crippen LogP contribution in [0.1, 0.15) is 38.2 Å². The van der Waals surface area contributed by atoms with Gasteiger partial charge in [0.15, 0.2) is 11.6 Å². The second-order valence-corrected chi connectivity index (χ2v) is 3.87. The number of benzene rings is 1. The van der Waals surface area contributed by atoms with Crippen LogP contribution in [0.25, 0.3) is 0 Å². The first-order chi connectivity index (χ1) is 8.28. The fraction of sp³-hybridized carbons (Fsp3) is 0.500. The van der Waals surface area contributed by atoms with Gasteiger partial charge < -0.3 is 4.74 Å². The highest BCUT2D eigenvalue weighted by atomic mass is 19.4. The number of rotatable bonds is 4. The molecule has 102 valence electrons. The zero-order chi connectivity index (χ0) is 13.9. The van der Waals surface area contributed by atoms with Crippen molar-refractivity contribution in [2.75, 3.05) is 0 Å². The maximum Gasteiger partial charge on any atom is 0.573 e. The van der Waals surface area contributed by atoms with E-state index in [0.29, 0.717) is 18.4 Å². The summed E-state index contributed by atoms with van der Waals surface area (Å²) in [5, 5.41) is 0. The Labute approximate surface area is 102 Å². The topological polar surface area (TPSA) is 9.23 Å². The Balaban J connectivity index is 3.12. The Hall–Kier alpha value is -1.33. The van der Waals surface area contributed by atoms with Gasteiger partial charge in [-0.25, -0.2) is 8.78 Å². The summed E-state index contributed by atoms with van der Waals surface area (Å²) in [4.78, 5) is 0. The number of hydrogen-bond donors (Lipinski definition) is 0. The van der Waals surface area contributed by atoms with E-state index in [1.165, 1.54) is 0 Å². The van der Waals surface area contributed by atoms with Crippen LogP contribution in [0.15, 0.2) is 12.1 Å². The second-order valence-electron chi connectivity index (χ2n) is 3.87. The third-order valence-corrected chi connectivity index (χ3v) is 2.70. The normalized spacial score (nSPS) is 12.0. The maximum atomic E-state index is 13.4. The fourth-order valence-electron chi connectivity index (χ4n) is 1.79. The molecule has 1 aromatic carbocycles. The standard InChI is InChI=1S/C12H13F5O/c1-3-7(4-2)8-5-9(13)11(10(14)6-8)18-12(15,16)17/h5-7H,3-4H2,1-2H3. The summed E-state index contributed by atoms with van der Waals surface area (Å²) in [7, 11) is 0. The lowest BCUT2D eigenvalue weighted by molar-refractivity contribution is -0.276. The predicted octanol–water partition coefficient (Wildman–Crippen LogP) is 4.77. The Morgan fingerprint density at radius 2 is 1.50 bits per heavy atom. The van der Waals surface area contributed by atoms with E-state index >= 15 is 0 Å². The van der Waals surface area contributed by atoms with Gasteiger partial charge in [-0.1, -0.05) is 13.8 Å². The molecule has 0 heterocycles. The van der Waals surface area contributed by atoms with Crippen molar-refractivity contribution in [2.45, 2.75) is 39.0 Å². The molecule has 6 heteroatoms. The van der Waals surface area contributed by atoms with E-state index in [2.05, 4.69) is 4.74 Å². The Kier molecular flexibility index (Phi) is 4.53. The van der Waals surface area contributed by atoms with Gasteiger partial charge >= 0.3 is 6.36 Å². The molecular formula is C12H13F5O. The number of halogens is 5. The first kappa shape index (κ1) is 14.7. The van der Waals surface area contributed by atoms with E-state index in [1.54, 1.807) is 0 Å². The first-order valence-electron chi connectivity index (χ1n) is 5.53. The molecule has 18 heavy (non-hydrogen) atoms. The van der Waals surface area contributed by atoms with Gasteiger partial charge in [-0.3, -0.25) is 0 Å². The molecule has 0 saturated heterocycles. The minimum absolute atomic E-state index is 0.0889. The molecule has 0 aliphatic rings. The van der Waals surface area contributed by atoms with E-state index < -0.39 is 23.7 Å². The number of ether oxygens (including phenoxy) is 1. The second kappa shape index (κ2) is 5.54.